The molecule has 0 spiro atoms. The van der Waals surface area contributed by atoms with E-state index in [9.17, 15) is 14.9 Å². The summed E-state index contributed by atoms with van der Waals surface area (Å²) >= 11 is 7.15. The van der Waals surface area contributed by atoms with Gasteiger partial charge in [0.05, 0.1) is 16.4 Å². The van der Waals surface area contributed by atoms with Gasteiger partial charge in [-0.2, -0.15) is 5.10 Å². The van der Waals surface area contributed by atoms with Crippen molar-refractivity contribution in [2.75, 3.05) is 0 Å². The molecule has 2 aromatic rings. The average molecular weight is 389 g/mol. The summed E-state index contributed by atoms with van der Waals surface area (Å²) in [7, 11) is 0. The van der Waals surface area contributed by atoms with Gasteiger partial charge < -0.3 is 5.32 Å². The number of benzene rings is 2. The Bertz CT molecular complexity index is 899. The highest BCUT2D eigenvalue weighted by Gasteiger charge is 2.30. The van der Waals surface area contributed by atoms with Crippen LogP contribution in [0, 0.1) is 10.1 Å². The van der Waals surface area contributed by atoms with Gasteiger partial charge in [-0.15, -0.1) is 5.10 Å². The molecule has 1 aliphatic heterocycles. The molecule has 0 bridgehead atoms. The number of carbonyl (C=O) groups excluding carboxylic acids is 1. The molecule has 1 N–H and O–H groups in total. The van der Waals surface area contributed by atoms with Crippen LogP contribution in [-0.4, -0.2) is 27.5 Å². The summed E-state index contributed by atoms with van der Waals surface area (Å²) in [4.78, 5) is 22.3. The molecule has 1 saturated heterocycles. The van der Waals surface area contributed by atoms with Gasteiger partial charge in [-0.05, 0) is 24.1 Å². The second-order valence-electron chi connectivity index (χ2n) is 5.43. The monoisotopic (exact) mass is 388 g/mol. The van der Waals surface area contributed by atoms with E-state index < -0.39 is 4.92 Å². The van der Waals surface area contributed by atoms with Crippen LogP contribution in [0.1, 0.15) is 11.1 Å². The Morgan fingerprint density at radius 3 is 2.77 bits per heavy atom. The molecule has 1 fully saturated rings. The maximum absolute atomic E-state index is 12.0. The number of amides is 1. The summed E-state index contributed by atoms with van der Waals surface area (Å²) in [6.07, 6.45) is 1.96. The van der Waals surface area contributed by atoms with E-state index in [-0.39, 0.29) is 16.8 Å². The van der Waals surface area contributed by atoms with E-state index in [2.05, 4.69) is 15.5 Å². The van der Waals surface area contributed by atoms with Crippen molar-refractivity contribution in [1.82, 2.24) is 5.32 Å². The third kappa shape index (κ3) is 4.68. The first kappa shape index (κ1) is 18.1. The van der Waals surface area contributed by atoms with E-state index in [0.717, 1.165) is 5.56 Å². The molecule has 7 nitrogen and oxygen atoms in total. The zero-order valence-electron chi connectivity index (χ0n) is 13.3. The number of halogens is 1. The van der Waals surface area contributed by atoms with Crippen molar-refractivity contribution < 1.29 is 9.72 Å². The Morgan fingerprint density at radius 2 is 2.04 bits per heavy atom. The maximum atomic E-state index is 12.0. The van der Waals surface area contributed by atoms with E-state index in [1.54, 1.807) is 24.3 Å². The van der Waals surface area contributed by atoms with Gasteiger partial charge >= 0.3 is 0 Å². The minimum Gasteiger partial charge on any atom is -0.303 e. The van der Waals surface area contributed by atoms with Gasteiger partial charge in [-0.1, -0.05) is 47.6 Å². The average Bonchev–Trinajstić information content (AvgIpc) is 2.97. The summed E-state index contributed by atoms with van der Waals surface area (Å²) in [5.41, 5.74) is 1.53. The molecule has 26 heavy (non-hydrogen) atoms. The molecular formula is C17H13ClN4O3S. The highest BCUT2D eigenvalue weighted by Crippen LogP contribution is 2.24. The fourth-order valence-electron chi connectivity index (χ4n) is 2.29. The van der Waals surface area contributed by atoms with Crippen molar-refractivity contribution >= 4 is 46.3 Å². The van der Waals surface area contributed by atoms with Crippen molar-refractivity contribution in [2.45, 2.75) is 11.7 Å². The molecule has 1 heterocycles. The van der Waals surface area contributed by atoms with Crippen molar-refractivity contribution in [3.8, 4) is 0 Å². The smallest absolute Gasteiger partial charge is 0.270 e. The number of hydrogen-bond donors (Lipinski definition) is 1. The Kier molecular flexibility index (Phi) is 5.65. The van der Waals surface area contributed by atoms with Crippen LogP contribution in [0.3, 0.4) is 0 Å². The van der Waals surface area contributed by atoms with E-state index in [1.165, 1.54) is 30.1 Å². The largest absolute Gasteiger partial charge is 0.303 e. The first-order valence-electron chi connectivity index (χ1n) is 7.59. The lowest BCUT2D eigenvalue weighted by atomic mass is 10.1. The Labute approximate surface area is 158 Å². The molecule has 1 atom stereocenters. The van der Waals surface area contributed by atoms with E-state index in [0.29, 0.717) is 22.2 Å². The number of nitrogens with one attached hydrogen (secondary N) is 1. The van der Waals surface area contributed by atoms with Gasteiger partial charge in [0.1, 0.15) is 0 Å². The predicted molar refractivity (Wildman–Crippen MR) is 103 cm³/mol. The molecule has 132 valence electrons. The first-order valence-corrected chi connectivity index (χ1v) is 8.84. The molecular weight excluding hydrogens is 376 g/mol. The molecule has 2 aromatic carbocycles. The topological polar surface area (TPSA) is 97.0 Å². The van der Waals surface area contributed by atoms with Crippen LogP contribution in [0.25, 0.3) is 0 Å². The number of rotatable bonds is 5. The maximum Gasteiger partial charge on any atom is 0.270 e. The van der Waals surface area contributed by atoms with Gasteiger partial charge in [0.15, 0.2) is 5.17 Å². The second-order valence-corrected chi connectivity index (χ2v) is 7.06. The predicted octanol–water partition coefficient (Wildman–Crippen LogP) is 3.41. The quantitative estimate of drug-likeness (QED) is 0.482. The molecule has 9 heteroatoms. The van der Waals surface area contributed by atoms with Crippen molar-refractivity contribution in [3.63, 3.8) is 0 Å². The lowest BCUT2D eigenvalue weighted by Crippen LogP contribution is -2.25. The van der Waals surface area contributed by atoms with Crippen molar-refractivity contribution in [3.05, 3.63) is 74.8 Å². The number of amidine groups is 1. The van der Waals surface area contributed by atoms with Gasteiger partial charge in [0.25, 0.3) is 5.69 Å². The standard InChI is InChI=1S/C17H13ClN4O3S/c18-13-6-4-11(5-7-13)9-15-16(23)20-17(26-15)21-19-10-12-2-1-3-14(8-12)22(24)25/h1-8,10,15H,9H2,(H,20,21,23)/b19-10+. The fraction of sp³-hybridized carbons (Fsp3) is 0.118. The molecule has 3 rings (SSSR count). The number of nitro benzene ring substituents is 1. The normalized spacial score (nSPS) is 18.4. The third-order valence-corrected chi connectivity index (χ3v) is 4.87. The number of hydrogen-bond acceptors (Lipinski definition) is 6. The summed E-state index contributed by atoms with van der Waals surface area (Å²) in [5.74, 6) is -0.130. The van der Waals surface area contributed by atoms with Crippen LogP contribution in [-0.2, 0) is 11.2 Å². The molecule has 0 radical (unpaired) electrons. The van der Waals surface area contributed by atoms with E-state index >= 15 is 0 Å². The van der Waals surface area contributed by atoms with Gasteiger partial charge in [0.2, 0.25) is 5.91 Å². The zero-order valence-corrected chi connectivity index (χ0v) is 14.9. The highest BCUT2D eigenvalue weighted by atomic mass is 35.5. The Balaban J connectivity index is 1.63. The molecule has 0 aromatic heterocycles. The van der Waals surface area contributed by atoms with E-state index in [4.69, 9.17) is 11.6 Å². The van der Waals surface area contributed by atoms with Gasteiger partial charge in [0, 0.05) is 22.7 Å². The van der Waals surface area contributed by atoms with Crippen molar-refractivity contribution in [2.24, 2.45) is 10.2 Å². The van der Waals surface area contributed by atoms with Gasteiger partial charge in [-0.3, -0.25) is 14.9 Å². The molecule has 1 aliphatic rings. The fourth-order valence-corrected chi connectivity index (χ4v) is 3.38. The molecule has 1 unspecified atom stereocenters. The SMILES string of the molecule is O=C1N/C(=N\N=C\c2cccc([N+](=O)[O-])c2)SC1Cc1ccc(Cl)cc1. The molecule has 0 saturated carbocycles. The van der Waals surface area contributed by atoms with Crippen LogP contribution in [0.2, 0.25) is 5.02 Å². The van der Waals surface area contributed by atoms with Crippen LogP contribution < -0.4 is 5.32 Å². The van der Waals surface area contributed by atoms with Crippen LogP contribution in [0.15, 0.2) is 58.7 Å². The molecule has 0 aliphatic carbocycles. The zero-order chi connectivity index (χ0) is 18.5. The summed E-state index contributed by atoms with van der Waals surface area (Å²) < 4.78 is 0. The summed E-state index contributed by atoms with van der Waals surface area (Å²) in [5, 5.41) is 22.1. The number of carbonyl (C=O) groups is 1. The highest BCUT2D eigenvalue weighted by molar-refractivity contribution is 8.15. The minimum atomic E-state index is -0.475. The second kappa shape index (κ2) is 8.11. The lowest BCUT2D eigenvalue weighted by molar-refractivity contribution is -0.384. The lowest BCUT2D eigenvalue weighted by Gasteiger charge is -2.05. The summed E-state index contributed by atoms with van der Waals surface area (Å²) in [6, 6.07) is 13.4. The number of nitro groups is 1. The van der Waals surface area contributed by atoms with Gasteiger partial charge in [-0.25, -0.2) is 0 Å². The first-order chi connectivity index (χ1) is 12.5. The minimum absolute atomic E-state index is 0.0202. The molecule has 1 amide bonds. The summed E-state index contributed by atoms with van der Waals surface area (Å²) in [6.45, 7) is 0. The Morgan fingerprint density at radius 1 is 1.27 bits per heavy atom. The van der Waals surface area contributed by atoms with Crippen LogP contribution in [0.4, 0.5) is 5.69 Å². The Hall–Kier alpha value is -2.71. The number of thioether (sulfide) groups is 1. The number of non-ortho nitro benzene ring substituents is 1. The van der Waals surface area contributed by atoms with Crippen LogP contribution >= 0.6 is 23.4 Å². The number of nitrogens with zero attached hydrogens (tertiary/aromatic N) is 3. The van der Waals surface area contributed by atoms with E-state index in [1.807, 2.05) is 12.1 Å². The third-order valence-electron chi connectivity index (χ3n) is 3.55. The van der Waals surface area contributed by atoms with Crippen LogP contribution in [0.5, 0.6) is 0 Å². The van der Waals surface area contributed by atoms with Crippen molar-refractivity contribution in [1.29, 1.82) is 0 Å².